The maximum Gasteiger partial charge on any atom is 0.330 e. The van der Waals surface area contributed by atoms with Crippen molar-refractivity contribution in [2.24, 2.45) is 0 Å². The molecular formula is C12H18N2O7. The van der Waals surface area contributed by atoms with Crippen LogP contribution in [0.4, 0.5) is 0 Å². The van der Waals surface area contributed by atoms with Gasteiger partial charge in [-0.1, -0.05) is 6.92 Å². The first-order valence-electron chi connectivity index (χ1n) is 6.55. The molecule has 1 aromatic heterocycles. The van der Waals surface area contributed by atoms with E-state index in [9.17, 15) is 24.9 Å². The number of hydrogen-bond acceptors (Lipinski definition) is 7. The van der Waals surface area contributed by atoms with Crippen molar-refractivity contribution >= 4 is 0 Å². The summed E-state index contributed by atoms with van der Waals surface area (Å²) in [6.07, 6.45) is -5.56. The van der Waals surface area contributed by atoms with Crippen molar-refractivity contribution in [1.82, 2.24) is 9.55 Å². The third kappa shape index (κ3) is 2.78. The summed E-state index contributed by atoms with van der Waals surface area (Å²) in [7, 11) is 0. The lowest BCUT2D eigenvalue weighted by Gasteiger charge is -2.40. The van der Waals surface area contributed by atoms with Gasteiger partial charge >= 0.3 is 5.69 Å². The van der Waals surface area contributed by atoms with Gasteiger partial charge in [-0.3, -0.25) is 14.3 Å². The summed E-state index contributed by atoms with van der Waals surface area (Å²) in [5.74, 6) is 0. The van der Waals surface area contributed by atoms with E-state index in [0.29, 0.717) is 12.0 Å². The lowest BCUT2D eigenvalue weighted by Crippen LogP contribution is -2.58. The highest BCUT2D eigenvalue weighted by atomic mass is 16.6. The molecule has 0 aromatic carbocycles. The Kier molecular flexibility index (Phi) is 4.59. The lowest BCUT2D eigenvalue weighted by atomic mass is 9.98. The molecule has 118 valence electrons. The molecular weight excluding hydrogens is 284 g/mol. The second kappa shape index (κ2) is 6.08. The Balaban J connectivity index is 2.45. The summed E-state index contributed by atoms with van der Waals surface area (Å²) >= 11 is 0. The Morgan fingerprint density at radius 3 is 2.48 bits per heavy atom. The molecule has 5 N–H and O–H groups in total. The molecule has 1 fully saturated rings. The number of aryl methyl sites for hydroxylation is 1. The van der Waals surface area contributed by atoms with Gasteiger partial charge in [-0.05, 0) is 6.42 Å². The monoisotopic (exact) mass is 302 g/mol. The number of aliphatic hydroxyl groups excluding tert-OH is 4. The lowest BCUT2D eigenvalue weighted by molar-refractivity contribution is -0.252. The number of nitrogens with zero attached hydrogens (tertiary/aromatic N) is 1. The van der Waals surface area contributed by atoms with Crippen LogP contribution < -0.4 is 11.2 Å². The van der Waals surface area contributed by atoms with E-state index >= 15 is 0 Å². The number of hydrogen-bond donors (Lipinski definition) is 5. The van der Waals surface area contributed by atoms with Crippen molar-refractivity contribution in [1.29, 1.82) is 0 Å². The predicted octanol–water partition coefficient (Wildman–Crippen LogP) is -2.93. The number of nitrogens with one attached hydrogen (secondary N) is 1. The van der Waals surface area contributed by atoms with Crippen molar-refractivity contribution in [3.05, 3.63) is 32.6 Å². The normalized spacial score (nSPS) is 33.1. The van der Waals surface area contributed by atoms with Crippen LogP contribution in [0.1, 0.15) is 18.7 Å². The summed E-state index contributed by atoms with van der Waals surface area (Å²) in [6, 6.07) is 0. The first kappa shape index (κ1) is 15.9. The summed E-state index contributed by atoms with van der Waals surface area (Å²) < 4.78 is 6.20. The van der Waals surface area contributed by atoms with Crippen molar-refractivity contribution in [3.8, 4) is 0 Å². The molecule has 0 unspecified atom stereocenters. The van der Waals surface area contributed by atoms with E-state index in [1.807, 2.05) is 0 Å². The standard InChI is InChI=1S/C12H18N2O7/c1-2-5-3-14(12(20)13-10(5)19)11-9(18)8(17)7(16)6(4-15)21-11/h3,6-9,11,15-18H,2,4H2,1H3,(H,13,19,20)/t6-,7-,8+,9-,11-/m1/s1. The Labute approximate surface area is 119 Å². The summed E-state index contributed by atoms with van der Waals surface area (Å²) in [5, 5.41) is 38.5. The molecule has 2 rings (SSSR count). The van der Waals surface area contributed by atoms with Gasteiger partial charge in [-0.25, -0.2) is 4.79 Å². The molecule has 0 radical (unpaired) electrons. The van der Waals surface area contributed by atoms with Gasteiger partial charge in [-0.15, -0.1) is 0 Å². The smallest absolute Gasteiger partial charge is 0.330 e. The third-order valence-corrected chi connectivity index (χ3v) is 3.56. The number of H-pyrrole nitrogens is 1. The molecule has 21 heavy (non-hydrogen) atoms. The second-order valence-electron chi connectivity index (χ2n) is 4.89. The molecule has 0 saturated carbocycles. The molecule has 0 bridgehead atoms. The van der Waals surface area contributed by atoms with Gasteiger partial charge in [0.1, 0.15) is 24.4 Å². The average molecular weight is 302 g/mol. The van der Waals surface area contributed by atoms with E-state index in [1.54, 1.807) is 6.92 Å². The SMILES string of the molecule is CCc1cn([C@@H]2O[C@H](CO)[C@@H](O)[C@H](O)[C@H]2O)c(=O)[nH]c1=O. The van der Waals surface area contributed by atoms with Gasteiger partial charge in [0.25, 0.3) is 5.56 Å². The van der Waals surface area contributed by atoms with Gasteiger partial charge in [0.05, 0.1) is 6.61 Å². The van der Waals surface area contributed by atoms with Gasteiger partial charge in [-0.2, -0.15) is 0 Å². The average Bonchev–Trinajstić information content (AvgIpc) is 2.46. The zero-order valence-electron chi connectivity index (χ0n) is 11.3. The molecule has 9 nitrogen and oxygen atoms in total. The quantitative estimate of drug-likeness (QED) is 0.402. The van der Waals surface area contributed by atoms with Crippen LogP contribution in [0, 0.1) is 0 Å². The van der Waals surface area contributed by atoms with E-state index in [-0.39, 0.29) is 0 Å². The Morgan fingerprint density at radius 1 is 1.24 bits per heavy atom. The van der Waals surface area contributed by atoms with Crippen LogP contribution in [0.3, 0.4) is 0 Å². The topological polar surface area (TPSA) is 145 Å². The molecule has 2 heterocycles. The van der Waals surface area contributed by atoms with Crippen LogP contribution in [-0.4, -0.2) is 61.0 Å². The molecule has 1 aliphatic heterocycles. The van der Waals surface area contributed by atoms with Crippen molar-refractivity contribution in [2.75, 3.05) is 6.61 Å². The highest BCUT2D eigenvalue weighted by Gasteiger charge is 2.44. The minimum Gasteiger partial charge on any atom is -0.394 e. The number of rotatable bonds is 3. The number of ether oxygens (including phenoxy) is 1. The summed E-state index contributed by atoms with van der Waals surface area (Å²) in [4.78, 5) is 25.5. The number of aromatic nitrogens is 2. The van der Waals surface area contributed by atoms with Crippen molar-refractivity contribution in [2.45, 2.75) is 44.0 Å². The van der Waals surface area contributed by atoms with Crippen molar-refractivity contribution < 1.29 is 25.2 Å². The van der Waals surface area contributed by atoms with Gasteiger partial charge in [0.15, 0.2) is 6.23 Å². The zero-order chi connectivity index (χ0) is 15.7. The van der Waals surface area contributed by atoms with Crippen LogP contribution in [-0.2, 0) is 11.2 Å². The maximum absolute atomic E-state index is 11.8. The highest BCUT2D eigenvalue weighted by Crippen LogP contribution is 2.27. The van der Waals surface area contributed by atoms with Crippen LogP contribution in [0.2, 0.25) is 0 Å². The van der Waals surface area contributed by atoms with Crippen molar-refractivity contribution in [3.63, 3.8) is 0 Å². The van der Waals surface area contributed by atoms with E-state index in [4.69, 9.17) is 9.84 Å². The molecule has 1 aromatic rings. The summed E-state index contributed by atoms with van der Waals surface area (Å²) in [6.45, 7) is 1.12. The fourth-order valence-electron chi connectivity index (χ4n) is 2.28. The molecule has 1 saturated heterocycles. The Morgan fingerprint density at radius 2 is 1.90 bits per heavy atom. The largest absolute Gasteiger partial charge is 0.394 e. The van der Waals surface area contributed by atoms with Crippen LogP contribution in [0.25, 0.3) is 0 Å². The van der Waals surface area contributed by atoms with Crippen LogP contribution in [0.5, 0.6) is 0 Å². The van der Waals surface area contributed by atoms with Gasteiger partial charge in [0.2, 0.25) is 0 Å². The Hall–Kier alpha value is -1.52. The first-order chi connectivity index (χ1) is 9.90. The summed E-state index contributed by atoms with van der Waals surface area (Å²) in [5.41, 5.74) is -1.06. The zero-order valence-corrected chi connectivity index (χ0v) is 11.3. The second-order valence-corrected chi connectivity index (χ2v) is 4.89. The number of aliphatic hydroxyl groups is 4. The minimum atomic E-state index is -1.59. The predicted molar refractivity (Wildman–Crippen MR) is 69.7 cm³/mol. The molecule has 9 heteroatoms. The van der Waals surface area contributed by atoms with E-state index in [0.717, 1.165) is 4.57 Å². The minimum absolute atomic E-state index is 0.298. The van der Waals surface area contributed by atoms with E-state index in [2.05, 4.69) is 4.98 Å². The fraction of sp³-hybridized carbons (Fsp3) is 0.667. The third-order valence-electron chi connectivity index (χ3n) is 3.56. The van der Waals surface area contributed by atoms with Gasteiger partial charge in [0, 0.05) is 11.8 Å². The van der Waals surface area contributed by atoms with Gasteiger partial charge < -0.3 is 25.2 Å². The molecule has 0 spiro atoms. The maximum atomic E-state index is 11.8. The fourth-order valence-corrected chi connectivity index (χ4v) is 2.28. The molecule has 1 aliphatic rings. The Bertz CT molecular complexity index is 608. The molecule has 0 amide bonds. The number of aromatic amines is 1. The highest BCUT2D eigenvalue weighted by molar-refractivity contribution is 5.05. The van der Waals surface area contributed by atoms with Crippen LogP contribution in [0.15, 0.2) is 15.8 Å². The molecule has 0 aliphatic carbocycles. The van der Waals surface area contributed by atoms with E-state index < -0.39 is 48.5 Å². The molecule has 5 atom stereocenters. The van der Waals surface area contributed by atoms with E-state index in [1.165, 1.54) is 6.20 Å². The first-order valence-corrected chi connectivity index (χ1v) is 6.55. The van der Waals surface area contributed by atoms with Crippen LogP contribution >= 0.6 is 0 Å².